The van der Waals surface area contributed by atoms with Crippen molar-refractivity contribution < 1.29 is 9.53 Å². The van der Waals surface area contributed by atoms with Gasteiger partial charge in [0, 0.05) is 32.7 Å². The first-order chi connectivity index (χ1) is 7.76. The van der Waals surface area contributed by atoms with E-state index in [1.54, 1.807) is 7.11 Å². The highest BCUT2D eigenvalue weighted by atomic mass is 16.5. The van der Waals surface area contributed by atoms with Gasteiger partial charge in [-0.2, -0.15) is 0 Å². The zero-order valence-corrected chi connectivity index (χ0v) is 10.4. The third-order valence-corrected chi connectivity index (χ3v) is 3.12. The lowest BCUT2D eigenvalue weighted by Gasteiger charge is -2.28. The second-order valence-electron chi connectivity index (χ2n) is 4.38. The predicted molar refractivity (Wildman–Crippen MR) is 64.4 cm³/mol. The molecule has 1 fully saturated rings. The lowest BCUT2D eigenvalue weighted by Crippen LogP contribution is -2.38. The van der Waals surface area contributed by atoms with Crippen molar-refractivity contribution in [3.05, 3.63) is 0 Å². The average molecular weight is 228 g/mol. The van der Waals surface area contributed by atoms with E-state index in [1.807, 2.05) is 6.92 Å². The van der Waals surface area contributed by atoms with Crippen LogP contribution in [-0.2, 0) is 9.53 Å². The Morgan fingerprint density at radius 2 is 2.25 bits per heavy atom. The molecule has 4 heteroatoms. The summed E-state index contributed by atoms with van der Waals surface area (Å²) in [6.07, 6.45) is 5.64. The van der Waals surface area contributed by atoms with E-state index >= 15 is 0 Å². The maximum atomic E-state index is 11.2. The summed E-state index contributed by atoms with van der Waals surface area (Å²) < 4.78 is 5.37. The number of rotatable bonds is 6. The third kappa shape index (κ3) is 4.94. The van der Waals surface area contributed by atoms with E-state index in [9.17, 15) is 4.79 Å². The summed E-state index contributed by atoms with van der Waals surface area (Å²) in [5, 5.41) is 6.23. The van der Waals surface area contributed by atoms with Crippen molar-refractivity contribution >= 4 is 5.91 Å². The van der Waals surface area contributed by atoms with Gasteiger partial charge in [-0.3, -0.25) is 4.79 Å². The minimum absolute atomic E-state index is 0.133. The summed E-state index contributed by atoms with van der Waals surface area (Å²) >= 11 is 0. The molecule has 0 aromatic heterocycles. The van der Waals surface area contributed by atoms with Crippen molar-refractivity contribution in [2.75, 3.05) is 20.2 Å². The maximum Gasteiger partial charge on any atom is 0.221 e. The van der Waals surface area contributed by atoms with Gasteiger partial charge in [0.05, 0.1) is 6.10 Å². The third-order valence-electron chi connectivity index (χ3n) is 3.12. The number of nitrogens with one attached hydrogen (secondary N) is 2. The molecule has 0 radical (unpaired) electrons. The van der Waals surface area contributed by atoms with Crippen LogP contribution in [0, 0.1) is 0 Å². The Morgan fingerprint density at radius 3 is 2.94 bits per heavy atom. The van der Waals surface area contributed by atoms with Gasteiger partial charge in [0.2, 0.25) is 5.91 Å². The van der Waals surface area contributed by atoms with Crippen molar-refractivity contribution in [1.82, 2.24) is 10.6 Å². The number of ether oxygens (including phenoxy) is 1. The summed E-state index contributed by atoms with van der Waals surface area (Å²) in [4.78, 5) is 11.2. The minimum atomic E-state index is 0.133. The van der Waals surface area contributed by atoms with Crippen LogP contribution < -0.4 is 10.6 Å². The van der Waals surface area contributed by atoms with E-state index in [0.29, 0.717) is 25.1 Å². The van der Waals surface area contributed by atoms with Gasteiger partial charge in [-0.15, -0.1) is 0 Å². The Bertz CT molecular complexity index is 209. The van der Waals surface area contributed by atoms with Crippen LogP contribution in [0.15, 0.2) is 0 Å². The largest absolute Gasteiger partial charge is 0.381 e. The second-order valence-corrected chi connectivity index (χ2v) is 4.38. The van der Waals surface area contributed by atoms with Crippen LogP contribution in [0.3, 0.4) is 0 Å². The molecule has 2 N–H and O–H groups in total. The van der Waals surface area contributed by atoms with Crippen molar-refractivity contribution in [3.8, 4) is 0 Å². The van der Waals surface area contributed by atoms with Crippen molar-refractivity contribution in [1.29, 1.82) is 0 Å². The Balaban J connectivity index is 2.10. The predicted octanol–water partition coefficient (Wildman–Crippen LogP) is 1.06. The monoisotopic (exact) mass is 228 g/mol. The molecule has 1 rings (SSSR count). The van der Waals surface area contributed by atoms with Gasteiger partial charge < -0.3 is 15.4 Å². The number of amides is 1. The minimum Gasteiger partial charge on any atom is -0.381 e. The first-order valence-corrected chi connectivity index (χ1v) is 6.29. The fraction of sp³-hybridized carbons (Fsp3) is 0.917. The summed E-state index contributed by atoms with van der Waals surface area (Å²) in [6, 6.07) is 0.521. The number of carbonyl (C=O) groups is 1. The molecule has 4 nitrogen and oxygen atoms in total. The standard InChI is InChI=1S/C12H24N2O2/c1-3-13-12(15)7-8-14-10-5-4-6-11(9-10)16-2/h10-11,14H,3-9H2,1-2H3,(H,13,15). The van der Waals surface area contributed by atoms with Gasteiger partial charge in [-0.05, 0) is 32.6 Å². The quantitative estimate of drug-likeness (QED) is 0.714. The second kappa shape index (κ2) is 7.63. The lowest BCUT2D eigenvalue weighted by molar-refractivity contribution is -0.120. The number of hydrogen-bond donors (Lipinski definition) is 2. The molecule has 0 spiro atoms. The number of hydrogen-bond acceptors (Lipinski definition) is 3. The fourth-order valence-electron chi connectivity index (χ4n) is 2.22. The van der Waals surface area contributed by atoms with Gasteiger partial charge in [0.15, 0.2) is 0 Å². The van der Waals surface area contributed by atoms with Crippen LogP contribution in [0.2, 0.25) is 0 Å². The van der Waals surface area contributed by atoms with E-state index in [2.05, 4.69) is 10.6 Å². The molecule has 1 aliphatic carbocycles. The topological polar surface area (TPSA) is 50.4 Å². The summed E-state index contributed by atoms with van der Waals surface area (Å²) in [5.74, 6) is 0.133. The van der Waals surface area contributed by atoms with Crippen LogP contribution >= 0.6 is 0 Å². The highest BCUT2D eigenvalue weighted by Crippen LogP contribution is 2.20. The molecule has 0 saturated heterocycles. The molecule has 0 aromatic carbocycles. The van der Waals surface area contributed by atoms with Crippen LogP contribution in [0.5, 0.6) is 0 Å². The average Bonchev–Trinajstić information content (AvgIpc) is 2.30. The Kier molecular flexibility index (Phi) is 6.42. The molecule has 0 aliphatic heterocycles. The normalized spacial score (nSPS) is 25.4. The van der Waals surface area contributed by atoms with Crippen molar-refractivity contribution in [2.45, 2.75) is 51.2 Å². The first-order valence-electron chi connectivity index (χ1n) is 6.29. The SMILES string of the molecule is CCNC(=O)CCNC1CCCC(OC)C1. The molecule has 1 aliphatic rings. The molecule has 0 bridgehead atoms. The molecular formula is C12H24N2O2. The highest BCUT2D eigenvalue weighted by molar-refractivity contribution is 5.75. The Labute approximate surface area is 98.1 Å². The molecule has 1 saturated carbocycles. The molecule has 1 amide bonds. The number of methoxy groups -OCH3 is 1. The molecule has 2 atom stereocenters. The van der Waals surface area contributed by atoms with Crippen molar-refractivity contribution in [2.24, 2.45) is 0 Å². The van der Waals surface area contributed by atoms with Crippen molar-refractivity contribution in [3.63, 3.8) is 0 Å². The van der Waals surface area contributed by atoms with Crippen LogP contribution in [0.4, 0.5) is 0 Å². The highest BCUT2D eigenvalue weighted by Gasteiger charge is 2.20. The smallest absolute Gasteiger partial charge is 0.221 e. The van der Waals surface area contributed by atoms with Gasteiger partial charge >= 0.3 is 0 Å². The van der Waals surface area contributed by atoms with Gasteiger partial charge in [0.25, 0.3) is 0 Å². The molecule has 0 heterocycles. The molecule has 16 heavy (non-hydrogen) atoms. The fourth-order valence-corrected chi connectivity index (χ4v) is 2.22. The Hall–Kier alpha value is -0.610. The van der Waals surface area contributed by atoms with E-state index < -0.39 is 0 Å². The number of carbonyl (C=O) groups excluding carboxylic acids is 1. The van der Waals surface area contributed by atoms with Gasteiger partial charge in [0.1, 0.15) is 0 Å². The van der Waals surface area contributed by atoms with E-state index in [0.717, 1.165) is 13.0 Å². The summed E-state index contributed by atoms with van der Waals surface area (Å²) in [5.41, 5.74) is 0. The van der Waals surface area contributed by atoms with E-state index in [4.69, 9.17) is 4.74 Å². The Morgan fingerprint density at radius 1 is 1.44 bits per heavy atom. The molecular weight excluding hydrogens is 204 g/mol. The van der Waals surface area contributed by atoms with E-state index in [-0.39, 0.29) is 5.91 Å². The zero-order chi connectivity index (χ0) is 11.8. The molecule has 94 valence electrons. The lowest BCUT2D eigenvalue weighted by atomic mass is 9.93. The van der Waals surface area contributed by atoms with Gasteiger partial charge in [-0.25, -0.2) is 0 Å². The van der Waals surface area contributed by atoms with Crippen LogP contribution in [-0.4, -0.2) is 38.3 Å². The molecule has 0 aromatic rings. The van der Waals surface area contributed by atoms with E-state index in [1.165, 1.54) is 19.3 Å². The summed E-state index contributed by atoms with van der Waals surface area (Å²) in [7, 11) is 1.78. The van der Waals surface area contributed by atoms with Crippen LogP contribution in [0.1, 0.15) is 39.0 Å². The maximum absolute atomic E-state index is 11.2. The molecule has 2 unspecified atom stereocenters. The first kappa shape index (κ1) is 13.5. The van der Waals surface area contributed by atoms with Gasteiger partial charge in [-0.1, -0.05) is 0 Å². The van der Waals surface area contributed by atoms with Crippen LogP contribution in [0.25, 0.3) is 0 Å². The summed E-state index contributed by atoms with van der Waals surface area (Å²) in [6.45, 7) is 3.43. The zero-order valence-electron chi connectivity index (χ0n) is 10.4.